The summed E-state index contributed by atoms with van der Waals surface area (Å²) in [6.45, 7) is 2.44. The predicted molar refractivity (Wildman–Crippen MR) is 130 cm³/mol. The Hall–Kier alpha value is -3.33. The molecule has 180 valence electrons. The summed E-state index contributed by atoms with van der Waals surface area (Å²) in [5, 5.41) is 0. The quantitative estimate of drug-likeness (QED) is 0.302. The highest BCUT2D eigenvalue weighted by Crippen LogP contribution is 2.36. The van der Waals surface area contributed by atoms with Crippen LogP contribution in [0.3, 0.4) is 0 Å². The molecule has 0 aromatic heterocycles. The van der Waals surface area contributed by atoms with E-state index in [0.29, 0.717) is 24.3 Å². The summed E-state index contributed by atoms with van der Waals surface area (Å²) in [5.41, 5.74) is 5.67. The van der Waals surface area contributed by atoms with E-state index >= 15 is 0 Å². The number of ether oxygens (including phenoxy) is 2. The molecule has 0 atom stereocenters. The lowest BCUT2D eigenvalue weighted by atomic mass is 10.0. The van der Waals surface area contributed by atoms with Gasteiger partial charge in [0.2, 0.25) is 10.0 Å². The van der Waals surface area contributed by atoms with Crippen molar-refractivity contribution < 1.29 is 27.5 Å². The fourth-order valence-electron chi connectivity index (χ4n) is 4.51. The van der Waals surface area contributed by atoms with E-state index in [9.17, 15) is 18.0 Å². The Balaban J connectivity index is 1.30. The number of carbonyl (C=O) groups is 2. The van der Waals surface area contributed by atoms with E-state index in [1.165, 1.54) is 22.0 Å². The topological polar surface area (TPSA) is 90.0 Å². The van der Waals surface area contributed by atoms with E-state index in [4.69, 9.17) is 9.47 Å². The monoisotopic (exact) mass is 491 g/mol. The molecule has 2 aliphatic rings. The van der Waals surface area contributed by atoms with Crippen molar-refractivity contribution in [3.8, 4) is 11.1 Å². The van der Waals surface area contributed by atoms with Crippen molar-refractivity contribution in [2.75, 3.05) is 32.9 Å². The average molecular weight is 492 g/mol. The van der Waals surface area contributed by atoms with Crippen molar-refractivity contribution in [1.82, 2.24) is 4.31 Å². The molecule has 1 aliphatic heterocycles. The molecule has 0 radical (unpaired) electrons. The minimum atomic E-state index is -3.76. The Morgan fingerprint density at radius 2 is 1.69 bits per heavy atom. The molecule has 3 aromatic rings. The zero-order valence-electron chi connectivity index (χ0n) is 19.3. The molecular formula is C27H25NO6S. The van der Waals surface area contributed by atoms with Crippen molar-refractivity contribution in [3.05, 3.63) is 88.5 Å². The molecule has 0 saturated carbocycles. The first-order valence-electron chi connectivity index (χ1n) is 11.4. The van der Waals surface area contributed by atoms with Crippen LogP contribution in [0.2, 0.25) is 0 Å². The van der Waals surface area contributed by atoms with Crippen LogP contribution in [0.4, 0.5) is 0 Å². The average Bonchev–Trinajstić information content (AvgIpc) is 3.25. The molecule has 3 aromatic carbocycles. The summed E-state index contributed by atoms with van der Waals surface area (Å²) >= 11 is 0. The molecule has 0 amide bonds. The van der Waals surface area contributed by atoms with Gasteiger partial charge in [-0.25, -0.2) is 13.2 Å². The maximum atomic E-state index is 13.0. The third-order valence-corrected chi connectivity index (χ3v) is 8.39. The summed E-state index contributed by atoms with van der Waals surface area (Å²) in [7, 11) is -3.76. The van der Waals surface area contributed by atoms with Gasteiger partial charge in [0.05, 0.1) is 23.7 Å². The fraction of sp³-hybridized carbons (Fsp3) is 0.259. The molecule has 8 heteroatoms. The molecule has 1 aliphatic carbocycles. The van der Waals surface area contributed by atoms with Gasteiger partial charge >= 0.3 is 5.97 Å². The Morgan fingerprint density at radius 1 is 0.943 bits per heavy atom. The molecule has 1 fully saturated rings. The lowest BCUT2D eigenvalue weighted by molar-refractivity contribution is 0.0473. The minimum Gasteiger partial charge on any atom is -0.454 e. The Bertz CT molecular complexity index is 1420. The van der Waals surface area contributed by atoms with Crippen LogP contribution in [0, 0.1) is 6.92 Å². The number of carbonyl (C=O) groups excluding carboxylic acids is 2. The van der Waals surface area contributed by atoms with Gasteiger partial charge in [-0.1, -0.05) is 42.5 Å². The summed E-state index contributed by atoms with van der Waals surface area (Å²) in [6.07, 6.45) is 0.831. The van der Waals surface area contributed by atoms with E-state index < -0.39 is 22.6 Å². The number of aryl methyl sites for hydroxylation is 1. The normalized spacial score (nSPS) is 15.3. The Labute approximate surface area is 204 Å². The van der Waals surface area contributed by atoms with Crippen molar-refractivity contribution in [3.63, 3.8) is 0 Å². The minimum absolute atomic E-state index is 0.0144. The lowest BCUT2D eigenvalue weighted by Gasteiger charge is -2.26. The number of benzene rings is 3. The van der Waals surface area contributed by atoms with Crippen LogP contribution in [-0.4, -0.2) is 57.4 Å². The third-order valence-electron chi connectivity index (χ3n) is 6.49. The third kappa shape index (κ3) is 4.52. The smallest absolute Gasteiger partial charge is 0.338 e. The van der Waals surface area contributed by atoms with Crippen LogP contribution in [0.15, 0.2) is 65.6 Å². The molecule has 0 bridgehead atoms. The molecule has 35 heavy (non-hydrogen) atoms. The van der Waals surface area contributed by atoms with Crippen LogP contribution in [0.1, 0.15) is 37.4 Å². The first kappa shape index (κ1) is 23.4. The Morgan fingerprint density at radius 3 is 2.49 bits per heavy atom. The second-order valence-corrected chi connectivity index (χ2v) is 10.6. The highest BCUT2D eigenvalue weighted by atomic mass is 32.2. The number of hydrogen-bond acceptors (Lipinski definition) is 6. The number of morpholine rings is 1. The van der Waals surface area contributed by atoms with Gasteiger partial charge in [-0.2, -0.15) is 4.31 Å². The number of ketones is 1. The maximum absolute atomic E-state index is 13.0. The molecular weight excluding hydrogens is 466 g/mol. The largest absolute Gasteiger partial charge is 0.454 e. The molecule has 1 heterocycles. The van der Waals surface area contributed by atoms with Crippen LogP contribution in [0.25, 0.3) is 11.1 Å². The molecule has 0 spiro atoms. The van der Waals surface area contributed by atoms with Gasteiger partial charge in [0.15, 0.2) is 12.4 Å². The number of hydrogen-bond donors (Lipinski definition) is 0. The van der Waals surface area contributed by atoms with Gasteiger partial charge in [0.1, 0.15) is 0 Å². The SMILES string of the molecule is Cc1ccc(S(=O)(=O)N2CCOCC2)cc1C(=O)OCC(=O)c1ccc2c(c1)-c1ccccc1C2. The number of Topliss-reactive ketones (excluding diaryl/α,β-unsaturated/α-hetero) is 1. The van der Waals surface area contributed by atoms with E-state index in [1.54, 1.807) is 19.1 Å². The summed E-state index contributed by atoms with van der Waals surface area (Å²) in [5.74, 6) is -1.05. The van der Waals surface area contributed by atoms with Crippen LogP contribution < -0.4 is 0 Å². The van der Waals surface area contributed by atoms with Crippen molar-refractivity contribution in [2.45, 2.75) is 18.2 Å². The molecule has 0 unspecified atom stereocenters. The van der Waals surface area contributed by atoms with Crippen LogP contribution >= 0.6 is 0 Å². The van der Waals surface area contributed by atoms with Crippen molar-refractivity contribution in [2.24, 2.45) is 0 Å². The number of fused-ring (bicyclic) bond motifs is 3. The lowest BCUT2D eigenvalue weighted by Crippen LogP contribution is -2.40. The second-order valence-electron chi connectivity index (χ2n) is 8.70. The maximum Gasteiger partial charge on any atom is 0.338 e. The first-order chi connectivity index (χ1) is 16.8. The fourth-order valence-corrected chi connectivity index (χ4v) is 5.94. The highest BCUT2D eigenvalue weighted by molar-refractivity contribution is 7.89. The number of nitrogens with zero attached hydrogens (tertiary/aromatic N) is 1. The van der Waals surface area contributed by atoms with E-state index in [-0.39, 0.29) is 29.3 Å². The highest BCUT2D eigenvalue weighted by Gasteiger charge is 2.28. The second kappa shape index (κ2) is 9.37. The standard InChI is InChI=1S/C27H25NO6S/c1-18-6-9-22(35(31,32)28-10-12-33-13-11-28)16-24(18)27(30)34-17-26(29)21-8-7-20-14-19-4-2-3-5-23(19)25(20)15-21/h2-9,15-16H,10-14,17H2,1H3. The number of sulfonamides is 1. The van der Waals surface area contributed by atoms with Gasteiger partial charge in [0, 0.05) is 18.7 Å². The van der Waals surface area contributed by atoms with E-state index in [1.807, 2.05) is 30.3 Å². The van der Waals surface area contributed by atoms with Crippen molar-refractivity contribution in [1.29, 1.82) is 0 Å². The molecule has 7 nitrogen and oxygen atoms in total. The van der Waals surface area contributed by atoms with E-state index in [2.05, 4.69) is 6.07 Å². The zero-order chi connectivity index (χ0) is 24.6. The van der Waals surface area contributed by atoms with Gasteiger partial charge in [0.25, 0.3) is 0 Å². The molecule has 5 rings (SSSR count). The molecule has 0 N–H and O–H groups in total. The van der Waals surface area contributed by atoms with Crippen molar-refractivity contribution >= 4 is 21.8 Å². The predicted octanol–water partition coefficient (Wildman–Crippen LogP) is 3.63. The van der Waals surface area contributed by atoms with Crippen LogP contribution in [0.5, 0.6) is 0 Å². The zero-order valence-corrected chi connectivity index (χ0v) is 20.1. The summed E-state index contributed by atoms with van der Waals surface area (Å²) in [6, 6.07) is 18.0. The van der Waals surface area contributed by atoms with E-state index in [0.717, 1.165) is 23.1 Å². The number of esters is 1. The van der Waals surface area contributed by atoms with Gasteiger partial charge in [-0.3, -0.25) is 4.79 Å². The van der Waals surface area contributed by atoms with Gasteiger partial charge in [-0.15, -0.1) is 0 Å². The van der Waals surface area contributed by atoms with Gasteiger partial charge in [-0.05, 0) is 59.4 Å². The summed E-state index contributed by atoms with van der Waals surface area (Å²) < 4.78 is 37.8. The number of rotatable bonds is 6. The Kier molecular flexibility index (Phi) is 6.27. The van der Waals surface area contributed by atoms with Gasteiger partial charge < -0.3 is 9.47 Å². The summed E-state index contributed by atoms with van der Waals surface area (Å²) in [4.78, 5) is 25.6. The molecule has 1 saturated heterocycles. The first-order valence-corrected chi connectivity index (χ1v) is 12.9. The van der Waals surface area contributed by atoms with Crippen LogP contribution in [-0.2, 0) is 25.9 Å².